The molecule has 1 amide bonds. The van der Waals surface area contributed by atoms with Gasteiger partial charge in [0.25, 0.3) is 0 Å². The maximum absolute atomic E-state index is 12.3. The summed E-state index contributed by atoms with van der Waals surface area (Å²) >= 11 is 0. The van der Waals surface area contributed by atoms with E-state index in [2.05, 4.69) is 34.6 Å². The van der Waals surface area contributed by atoms with Gasteiger partial charge in [0, 0.05) is 32.7 Å². The predicted molar refractivity (Wildman–Crippen MR) is 125 cm³/mol. The van der Waals surface area contributed by atoms with E-state index >= 15 is 0 Å². The maximum atomic E-state index is 12.3. The Morgan fingerprint density at radius 1 is 1.41 bits per heavy atom. The predicted octanol–water partition coefficient (Wildman–Crippen LogP) is 3.73. The Labute approximate surface area is 191 Å². The minimum Gasteiger partial charge on any atom is -0.444 e. The molecule has 2 rings (SSSR count). The number of likely N-dealkylation sites (tertiary alicyclic amines) is 1. The van der Waals surface area contributed by atoms with E-state index in [4.69, 9.17) is 9.26 Å². The zero-order valence-electron chi connectivity index (χ0n) is 18.4. The first-order valence-corrected chi connectivity index (χ1v) is 10.1. The van der Waals surface area contributed by atoms with Gasteiger partial charge in [-0.3, -0.25) is 4.99 Å². The van der Waals surface area contributed by atoms with Gasteiger partial charge in [-0.25, -0.2) is 4.79 Å². The van der Waals surface area contributed by atoms with Crippen LogP contribution in [0.5, 0.6) is 0 Å². The summed E-state index contributed by atoms with van der Waals surface area (Å²) in [6.45, 7) is 12.6. The summed E-state index contributed by atoms with van der Waals surface area (Å²) in [6.07, 6.45) is 1.82. The number of piperidine rings is 1. The summed E-state index contributed by atoms with van der Waals surface area (Å²) in [5.74, 6) is 2.18. The second kappa shape index (κ2) is 11.6. The molecule has 0 bridgehead atoms. The van der Waals surface area contributed by atoms with Crippen molar-refractivity contribution in [2.24, 2.45) is 10.9 Å². The maximum Gasteiger partial charge on any atom is 0.410 e. The summed E-state index contributed by atoms with van der Waals surface area (Å²) < 4.78 is 10.8. The first-order chi connectivity index (χ1) is 13.2. The van der Waals surface area contributed by atoms with Crippen LogP contribution in [0.2, 0.25) is 0 Å². The Balaban J connectivity index is 0.00000420. The monoisotopic (exact) mass is 521 g/mol. The largest absolute Gasteiger partial charge is 0.444 e. The summed E-state index contributed by atoms with van der Waals surface area (Å²) in [6, 6.07) is 1.96. The van der Waals surface area contributed by atoms with Crippen LogP contribution in [0.3, 0.4) is 0 Å². The Kier molecular flexibility index (Phi) is 10.2. The molecule has 0 saturated carbocycles. The van der Waals surface area contributed by atoms with Crippen molar-refractivity contribution in [2.75, 3.05) is 26.7 Å². The number of aromatic nitrogens is 1. The van der Waals surface area contributed by atoms with E-state index in [9.17, 15) is 4.79 Å². The van der Waals surface area contributed by atoms with E-state index in [1.54, 1.807) is 11.9 Å². The van der Waals surface area contributed by atoms with E-state index in [0.717, 1.165) is 37.4 Å². The summed E-state index contributed by atoms with van der Waals surface area (Å²) in [4.78, 5) is 18.4. The minimum atomic E-state index is -0.468. The fraction of sp³-hybridized carbons (Fsp3) is 0.750. The summed E-state index contributed by atoms with van der Waals surface area (Å²) in [5.41, 5.74) is 0.480. The van der Waals surface area contributed by atoms with Crippen molar-refractivity contribution in [1.82, 2.24) is 20.7 Å². The third-order valence-corrected chi connectivity index (χ3v) is 4.55. The molecule has 1 unspecified atom stereocenters. The molecule has 9 heteroatoms. The molecule has 1 fully saturated rings. The van der Waals surface area contributed by atoms with Crippen molar-refractivity contribution in [2.45, 2.75) is 65.5 Å². The van der Waals surface area contributed by atoms with E-state index in [1.807, 2.05) is 26.8 Å². The van der Waals surface area contributed by atoms with Gasteiger partial charge < -0.3 is 24.8 Å². The van der Waals surface area contributed by atoms with Gasteiger partial charge in [0.1, 0.15) is 5.60 Å². The molecular formula is C20H36IN5O3. The van der Waals surface area contributed by atoms with Gasteiger partial charge in [-0.15, -0.1) is 24.0 Å². The number of hydrogen-bond acceptors (Lipinski definition) is 5. The molecule has 0 spiro atoms. The first-order valence-electron chi connectivity index (χ1n) is 10.1. The highest BCUT2D eigenvalue weighted by atomic mass is 127. The van der Waals surface area contributed by atoms with Crippen LogP contribution in [0.15, 0.2) is 15.6 Å². The molecule has 1 aliphatic rings. The van der Waals surface area contributed by atoms with Crippen molar-refractivity contribution in [1.29, 1.82) is 0 Å². The van der Waals surface area contributed by atoms with Gasteiger partial charge in [-0.1, -0.05) is 19.0 Å². The number of hydrogen-bond donors (Lipinski definition) is 2. The van der Waals surface area contributed by atoms with Crippen LogP contribution < -0.4 is 10.6 Å². The van der Waals surface area contributed by atoms with Gasteiger partial charge in [0.05, 0.1) is 12.2 Å². The molecule has 0 radical (unpaired) electrons. The highest BCUT2D eigenvalue weighted by molar-refractivity contribution is 14.0. The van der Waals surface area contributed by atoms with Crippen molar-refractivity contribution >= 4 is 36.0 Å². The summed E-state index contributed by atoms with van der Waals surface area (Å²) in [7, 11) is 1.74. The number of nitrogens with one attached hydrogen (secondary N) is 2. The van der Waals surface area contributed by atoms with Crippen molar-refractivity contribution in [3.05, 3.63) is 17.5 Å². The average molecular weight is 521 g/mol. The molecule has 1 atom stereocenters. The molecule has 0 aliphatic carbocycles. The number of carbonyl (C=O) groups is 1. The molecular weight excluding hydrogens is 485 g/mol. The number of amides is 1. The SMILES string of the molecule is CN=C(NCc1cc(C(C)C)no1)NCC1CCCN(C(=O)OC(C)(C)C)C1.I. The molecule has 166 valence electrons. The highest BCUT2D eigenvalue weighted by Gasteiger charge is 2.27. The standard InChI is InChI=1S/C20H35N5O3.HI/c1-14(2)17-10-16(28-24-17)12-23-18(21-6)22-11-15-8-7-9-25(13-15)19(26)27-20(3,4)5;/h10,14-15H,7-9,11-13H2,1-6H3,(H2,21,22,23);1H. The van der Waals surface area contributed by atoms with Gasteiger partial charge in [-0.2, -0.15) is 0 Å². The van der Waals surface area contributed by atoms with Gasteiger partial charge >= 0.3 is 6.09 Å². The Bertz CT molecular complexity index is 669. The fourth-order valence-electron chi connectivity index (χ4n) is 3.04. The molecule has 1 aromatic rings. The second-order valence-corrected chi connectivity index (χ2v) is 8.61. The lowest BCUT2D eigenvalue weighted by atomic mass is 9.98. The minimum absolute atomic E-state index is 0. The molecule has 2 heterocycles. The molecule has 0 aromatic carbocycles. The lowest BCUT2D eigenvalue weighted by Crippen LogP contribution is -2.47. The number of carbonyl (C=O) groups excluding carboxylic acids is 1. The van der Waals surface area contributed by atoms with Crippen LogP contribution in [0, 0.1) is 5.92 Å². The molecule has 2 N–H and O–H groups in total. The second-order valence-electron chi connectivity index (χ2n) is 8.61. The number of rotatable bonds is 5. The number of nitrogens with zero attached hydrogens (tertiary/aromatic N) is 3. The van der Waals surface area contributed by atoms with E-state index in [1.165, 1.54) is 0 Å². The van der Waals surface area contributed by atoms with Crippen LogP contribution in [0.1, 0.15) is 64.8 Å². The van der Waals surface area contributed by atoms with Crippen molar-refractivity contribution < 1.29 is 14.1 Å². The van der Waals surface area contributed by atoms with Gasteiger partial charge in [0.15, 0.2) is 11.7 Å². The smallest absolute Gasteiger partial charge is 0.410 e. The zero-order chi connectivity index (χ0) is 20.7. The van der Waals surface area contributed by atoms with E-state index < -0.39 is 5.60 Å². The van der Waals surface area contributed by atoms with Crippen molar-refractivity contribution in [3.63, 3.8) is 0 Å². The fourth-order valence-corrected chi connectivity index (χ4v) is 3.04. The zero-order valence-corrected chi connectivity index (χ0v) is 20.8. The average Bonchev–Trinajstić information content (AvgIpc) is 3.10. The Morgan fingerprint density at radius 2 is 2.14 bits per heavy atom. The molecule has 29 heavy (non-hydrogen) atoms. The normalized spacial score (nSPS) is 17.7. The third-order valence-electron chi connectivity index (χ3n) is 4.55. The number of ether oxygens (including phenoxy) is 1. The molecule has 1 aliphatic heterocycles. The van der Waals surface area contributed by atoms with Gasteiger partial charge in [0.2, 0.25) is 0 Å². The Hall–Kier alpha value is -1.52. The highest BCUT2D eigenvalue weighted by Crippen LogP contribution is 2.19. The quantitative estimate of drug-likeness (QED) is 0.349. The lowest BCUT2D eigenvalue weighted by molar-refractivity contribution is 0.0168. The van der Waals surface area contributed by atoms with Crippen LogP contribution in [-0.4, -0.2) is 54.4 Å². The van der Waals surface area contributed by atoms with Crippen LogP contribution in [0.4, 0.5) is 4.79 Å². The first kappa shape index (κ1) is 25.5. The van der Waals surface area contributed by atoms with Crippen LogP contribution in [0.25, 0.3) is 0 Å². The van der Waals surface area contributed by atoms with Crippen LogP contribution >= 0.6 is 24.0 Å². The third kappa shape index (κ3) is 8.79. The molecule has 8 nitrogen and oxygen atoms in total. The van der Waals surface area contributed by atoms with E-state index in [0.29, 0.717) is 30.9 Å². The number of guanidine groups is 1. The van der Waals surface area contributed by atoms with Crippen molar-refractivity contribution in [3.8, 4) is 0 Å². The van der Waals surface area contributed by atoms with Crippen LogP contribution in [-0.2, 0) is 11.3 Å². The topological polar surface area (TPSA) is 92.0 Å². The summed E-state index contributed by atoms with van der Waals surface area (Å²) in [5, 5.41) is 10.7. The lowest BCUT2D eigenvalue weighted by Gasteiger charge is -2.34. The van der Waals surface area contributed by atoms with Gasteiger partial charge in [-0.05, 0) is 45.4 Å². The molecule has 1 aromatic heterocycles. The van der Waals surface area contributed by atoms with E-state index in [-0.39, 0.29) is 30.1 Å². The number of halogens is 1. The Morgan fingerprint density at radius 3 is 2.72 bits per heavy atom. The molecule has 1 saturated heterocycles. The number of aliphatic imine (C=N–C) groups is 1.